The van der Waals surface area contributed by atoms with Crippen LogP contribution < -0.4 is 14.8 Å². The third-order valence-corrected chi connectivity index (χ3v) is 6.30. The molecular weight excluding hydrogens is 446 g/mol. The van der Waals surface area contributed by atoms with E-state index in [0.717, 1.165) is 12.8 Å². The maximum Gasteiger partial charge on any atom is 0.339 e. The van der Waals surface area contributed by atoms with Crippen LogP contribution in [0, 0.1) is 5.92 Å². The van der Waals surface area contributed by atoms with Gasteiger partial charge in [0, 0.05) is 23.9 Å². The summed E-state index contributed by atoms with van der Waals surface area (Å²) in [5, 5.41) is 15.4. The molecule has 4 aromatic rings. The monoisotopic (exact) mass is 465 g/mol. The summed E-state index contributed by atoms with van der Waals surface area (Å²) >= 11 is 0. The molecule has 2 aromatic carbocycles. The Labute approximate surface area is 188 Å². The third-order valence-electron chi connectivity index (χ3n) is 5.04. The highest BCUT2D eigenvalue weighted by atomic mass is 32.2. The molecule has 1 amide bonds. The Morgan fingerprint density at radius 1 is 1.12 bits per heavy atom. The van der Waals surface area contributed by atoms with Crippen molar-refractivity contribution in [2.45, 2.75) is 17.7 Å². The van der Waals surface area contributed by atoms with Gasteiger partial charge in [-0.15, -0.1) is 0 Å². The van der Waals surface area contributed by atoms with Gasteiger partial charge in [0.05, 0.1) is 11.0 Å². The van der Waals surface area contributed by atoms with Gasteiger partial charge in [-0.1, -0.05) is 0 Å². The molecule has 1 aliphatic carbocycles. The van der Waals surface area contributed by atoms with Crippen LogP contribution in [0.15, 0.2) is 65.7 Å². The van der Waals surface area contributed by atoms with E-state index in [4.69, 9.17) is 4.18 Å². The predicted octanol–water partition coefficient (Wildman–Crippen LogP) is 3.52. The van der Waals surface area contributed by atoms with Crippen molar-refractivity contribution in [3.63, 3.8) is 0 Å². The molecule has 2 heterocycles. The molecule has 1 saturated carbocycles. The van der Waals surface area contributed by atoms with Crippen LogP contribution in [-0.4, -0.2) is 34.4 Å². The number of aromatic amines is 1. The average molecular weight is 465 g/mol. The Hall–Kier alpha value is -4.12. The zero-order valence-corrected chi connectivity index (χ0v) is 18.0. The number of hydrogen-bond donors (Lipinski definition) is 4. The second kappa shape index (κ2) is 8.10. The maximum atomic E-state index is 12.7. The average Bonchev–Trinajstić information content (AvgIpc) is 3.56. The van der Waals surface area contributed by atoms with Crippen molar-refractivity contribution < 1.29 is 22.5 Å². The van der Waals surface area contributed by atoms with Gasteiger partial charge in [0.25, 0.3) is 0 Å². The minimum Gasteiger partial charge on any atom is -0.504 e. The summed E-state index contributed by atoms with van der Waals surface area (Å²) in [5.74, 6) is 0.602. The number of amides is 1. The van der Waals surface area contributed by atoms with Gasteiger partial charge in [-0.05, 0) is 61.4 Å². The molecular formula is C22H19N5O5S. The smallest absolute Gasteiger partial charge is 0.339 e. The van der Waals surface area contributed by atoms with E-state index < -0.39 is 10.1 Å². The number of pyridine rings is 1. The normalized spacial score (nSPS) is 13.6. The van der Waals surface area contributed by atoms with Crippen LogP contribution in [0.3, 0.4) is 0 Å². The summed E-state index contributed by atoms with van der Waals surface area (Å²) in [4.78, 5) is 23.1. The first-order valence-corrected chi connectivity index (χ1v) is 11.5. The van der Waals surface area contributed by atoms with E-state index in [1.165, 1.54) is 48.7 Å². The Morgan fingerprint density at radius 3 is 2.64 bits per heavy atom. The molecule has 0 spiro atoms. The minimum absolute atomic E-state index is 0.0259. The number of H-pyrrole nitrogens is 1. The van der Waals surface area contributed by atoms with Crippen molar-refractivity contribution in [3.05, 3.63) is 60.8 Å². The third kappa shape index (κ3) is 4.58. The van der Waals surface area contributed by atoms with Gasteiger partial charge >= 0.3 is 10.1 Å². The zero-order valence-electron chi connectivity index (χ0n) is 17.1. The van der Waals surface area contributed by atoms with Crippen molar-refractivity contribution in [1.29, 1.82) is 0 Å². The first-order chi connectivity index (χ1) is 15.9. The highest BCUT2D eigenvalue weighted by molar-refractivity contribution is 7.87. The number of imidazole rings is 1. The van der Waals surface area contributed by atoms with E-state index in [9.17, 15) is 18.3 Å². The molecule has 0 saturated heterocycles. The van der Waals surface area contributed by atoms with Crippen LogP contribution in [0.5, 0.6) is 11.5 Å². The first kappa shape index (κ1) is 20.8. The molecule has 168 valence electrons. The van der Waals surface area contributed by atoms with Gasteiger partial charge < -0.3 is 19.6 Å². The molecule has 11 heteroatoms. The fourth-order valence-corrected chi connectivity index (χ4v) is 4.10. The van der Waals surface area contributed by atoms with E-state index in [2.05, 4.69) is 25.6 Å². The zero-order chi connectivity index (χ0) is 23.0. The number of nitrogens with zero attached hydrogens (tertiary/aromatic N) is 2. The van der Waals surface area contributed by atoms with E-state index in [1.54, 1.807) is 12.1 Å². The van der Waals surface area contributed by atoms with Crippen LogP contribution in [0.4, 0.5) is 17.5 Å². The number of aromatic nitrogens is 3. The quantitative estimate of drug-likeness (QED) is 0.303. The van der Waals surface area contributed by atoms with Gasteiger partial charge in [0.2, 0.25) is 11.9 Å². The molecule has 0 aliphatic heterocycles. The van der Waals surface area contributed by atoms with Crippen molar-refractivity contribution in [3.8, 4) is 11.5 Å². The van der Waals surface area contributed by atoms with E-state index in [-0.39, 0.29) is 34.0 Å². The van der Waals surface area contributed by atoms with Crippen LogP contribution >= 0.6 is 0 Å². The Kier molecular flexibility index (Phi) is 5.09. The van der Waals surface area contributed by atoms with Gasteiger partial charge in [-0.2, -0.15) is 8.42 Å². The number of hydrogen-bond acceptors (Lipinski definition) is 8. The fraction of sp³-hybridized carbons (Fsp3) is 0.136. The maximum absolute atomic E-state index is 12.7. The summed E-state index contributed by atoms with van der Waals surface area (Å²) in [7, 11) is -4.09. The number of rotatable bonds is 7. The number of aromatic hydroxyl groups is 1. The van der Waals surface area contributed by atoms with Crippen molar-refractivity contribution >= 4 is 44.5 Å². The minimum atomic E-state index is -4.09. The number of carbonyl (C=O) groups excluding carboxylic acids is 1. The van der Waals surface area contributed by atoms with Crippen LogP contribution in [0.2, 0.25) is 0 Å². The molecule has 33 heavy (non-hydrogen) atoms. The lowest BCUT2D eigenvalue weighted by molar-refractivity contribution is -0.117. The molecule has 0 bridgehead atoms. The number of carbonyl (C=O) groups is 1. The number of fused-ring (bicyclic) bond motifs is 1. The van der Waals surface area contributed by atoms with E-state index in [1.807, 2.05) is 0 Å². The summed E-state index contributed by atoms with van der Waals surface area (Å²) in [5.41, 5.74) is 1.64. The molecule has 1 fully saturated rings. The SMILES string of the molecule is O=C(Nc1nc2ccc(OS(=O)(=O)c3ccc(Nc4ncccc4O)cc3)cc2[nH]1)C1CC1. The van der Waals surface area contributed by atoms with Crippen LogP contribution in [0.1, 0.15) is 12.8 Å². The van der Waals surface area contributed by atoms with Crippen molar-refractivity contribution in [2.24, 2.45) is 5.92 Å². The second-order valence-electron chi connectivity index (χ2n) is 7.59. The second-order valence-corrected chi connectivity index (χ2v) is 9.13. The van der Waals surface area contributed by atoms with E-state index in [0.29, 0.717) is 22.7 Å². The Morgan fingerprint density at radius 2 is 1.91 bits per heavy atom. The van der Waals surface area contributed by atoms with Gasteiger partial charge in [0.1, 0.15) is 10.6 Å². The number of benzene rings is 2. The lowest BCUT2D eigenvalue weighted by atomic mass is 10.3. The lowest BCUT2D eigenvalue weighted by Crippen LogP contribution is -2.14. The molecule has 2 aromatic heterocycles. The standard InChI is InChI=1S/C22H19N5O5S/c28-19-2-1-11-23-20(19)24-14-5-8-16(9-6-14)33(30,31)32-15-7-10-17-18(12-15)26-22(25-17)27-21(29)13-3-4-13/h1-2,5-13,28H,3-4H2,(H,23,24)(H2,25,26,27,29). The first-order valence-electron chi connectivity index (χ1n) is 10.1. The summed E-state index contributed by atoms with van der Waals surface area (Å²) < 4.78 is 30.7. The van der Waals surface area contributed by atoms with Crippen molar-refractivity contribution in [2.75, 3.05) is 10.6 Å². The molecule has 0 atom stereocenters. The van der Waals surface area contributed by atoms with Gasteiger partial charge in [-0.3, -0.25) is 10.1 Å². The fourth-order valence-electron chi connectivity index (χ4n) is 3.17. The Balaban J connectivity index is 1.30. The van der Waals surface area contributed by atoms with Crippen molar-refractivity contribution in [1.82, 2.24) is 15.0 Å². The van der Waals surface area contributed by atoms with Crippen LogP contribution in [-0.2, 0) is 14.9 Å². The highest BCUT2D eigenvalue weighted by Gasteiger charge is 2.30. The van der Waals surface area contributed by atoms with Gasteiger partial charge in [-0.25, -0.2) is 9.97 Å². The summed E-state index contributed by atoms with van der Waals surface area (Å²) in [6, 6.07) is 13.5. The lowest BCUT2D eigenvalue weighted by Gasteiger charge is -2.09. The molecule has 10 nitrogen and oxygen atoms in total. The highest BCUT2D eigenvalue weighted by Crippen LogP contribution is 2.30. The van der Waals surface area contributed by atoms with E-state index >= 15 is 0 Å². The number of nitrogens with one attached hydrogen (secondary N) is 3. The summed E-state index contributed by atoms with van der Waals surface area (Å²) in [6.07, 6.45) is 3.28. The van der Waals surface area contributed by atoms with Crippen LogP contribution in [0.25, 0.3) is 11.0 Å². The predicted molar refractivity (Wildman–Crippen MR) is 121 cm³/mol. The number of anilines is 3. The summed E-state index contributed by atoms with van der Waals surface area (Å²) in [6.45, 7) is 0. The largest absolute Gasteiger partial charge is 0.504 e. The molecule has 0 radical (unpaired) electrons. The molecule has 5 rings (SSSR count). The molecule has 0 unspecified atom stereocenters. The Bertz CT molecular complexity index is 1450. The topological polar surface area (TPSA) is 146 Å². The van der Waals surface area contributed by atoms with Gasteiger partial charge in [0.15, 0.2) is 11.6 Å². The molecule has 4 N–H and O–H groups in total. The molecule has 1 aliphatic rings.